The molecule has 0 rings (SSSR count). The zero-order valence-corrected chi connectivity index (χ0v) is 5.51. The van der Waals surface area contributed by atoms with E-state index >= 15 is 0 Å². The van der Waals surface area contributed by atoms with Crippen LogP contribution in [0.2, 0.25) is 0 Å². The fourth-order valence-corrected chi connectivity index (χ4v) is 0.547. The Balaban J connectivity index is 3.08. The molecule has 0 aromatic heterocycles. The van der Waals surface area contributed by atoms with Crippen molar-refractivity contribution in [3.8, 4) is 6.07 Å². The maximum absolute atomic E-state index is 8.23. The first-order valence-corrected chi connectivity index (χ1v) is 3.07. The van der Waals surface area contributed by atoms with Gasteiger partial charge in [-0.15, -0.1) is 6.58 Å². The van der Waals surface area contributed by atoms with E-state index in [1.54, 1.807) is 0 Å². The molecule has 0 aliphatic rings. The number of unbranched alkanes of at least 4 members (excludes halogenated alkanes) is 1. The highest BCUT2D eigenvalue weighted by atomic mass is 14.6. The van der Waals surface area contributed by atoms with Crippen LogP contribution in [-0.4, -0.2) is 6.04 Å². The Bertz CT molecular complexity index is 113. The van der Waals surface area contributed by atoms with Gasteiger partial charge >= 0.3 is 0 Å². The van der Waals surface area contributed by atoms with E-state index in [-0.39, 0.29) is 6.04 Å². The zero-order valence-electron chi connectivity index (χ0n) is 5.51. The van der Waals surface area contributed by atoms with E-state index in [9.17, 15) is 0 Å². The van der Waals surface area contributed by atoms with Crippen molar-refractivity contribution in [3.05, 3.63) is 12.7 Å². The highest BCUT2D eigenvalue weighted by Crippen LogP contribution is 1.97. The molecular formula is C7H12N2. The molecule has 0 radical (unpaired) electrons. The Morgan fingerprint density at radius 3 is 2.89 bits per heavy atom. The largest absolute Gasteiger partial charge is 0.316 e. The van der Waals surface area contributed by atoms with Gasteiger partial charge in [0, 0.05) is 0 Å². The van der Waals surface area contributed by atoms with Crippen LogP contribution < -0.4 is 5.73 Å². The predicted octanol–water partition coefficient (Wildman–Crippen LogP) is 1.19. The minimum atomic E-state index is -0.287. The topological polar surface area (TPSA) is 49.8 Å². The van der Waals surface area contributed by atoms with Gasteiger partial charge in [0.2, 0.25) is 0 Å². The maximum Gasteiger partial charge on any atom is 0.0928 e. The van der Waals surface area contributed by atoms with Crippen LogP contribution in [0.1, 0.15) is 19.3 Å². The number of nitrogens with zero attached hydrogens (tertiary/aromatic N) is 1. The minimum absolute atomic E-state index is 0.287. The molecule has 0 fully saturated rings. The van der Waals surface area contributed by atoms with Crippen LogP contribution in [0.15, 0.2) is 12.7 Å². The molecule has 0 saturated carbocycles. The van der Waals surface area contributed by atoms with E-state index in [1.165, 1.54) is 0 Å². The highest BCUT2D eigenvalue weighted by Gasteiger charge is 1.95. The molecule has 2 N–H and O–H groups in total. The van der Waals surface area contributed by atoms with Gasteiger partial charge in [-0.1, -0.05) is 6.08 Å². The summed E-state index contributed by atoms with van der Waals surface area (Å²) >= 11 is 0. The second-order valence-electron chi connectivity index (χ2n) is 1.96. The van der Waals surface area contributed by atoms with Crippen LogP contribution in [-0.2, 0) is 0 Å². The van der Waals surface area contributed by atoms with Gasteiger partial charge in [0.1, 0.15) is 0 Å². The van der Waals surface area contributed by atoms with Crippen LogP contribution in [0.5, 0.6) is 0 Å². The maximum atomic E-state index is 8.23. The molecule has 1 atom stereocenters. The smallest absolute Gasteiger partial charge is 0.0928 e. The first-order valence-electron chi connectivity index (χ1n) is 3.07. The van der Waals surface area contributed by atoms with Crippen molar-refractivity contribution in [2.75, 3.05) is 0 Å². The molecule has 0 amide bonds. The molecule has 0 aliphatic carbocycles. The third kappa shape index (κ3) is 5.05. The van der Waals surface area contributed by atoms with E-state index < -0.39 is 0 Å². The lowest BCUT2D eigenvalue weighted by molar-refractivity contribution is 0.683. The van der Waals surface area contributed by atoms with E-state index in [2.05, 4.69) is 6.58 Å². The summed E-state index contributed by atoms with van der Waals surface area (Å²) in [5, 5.41) is 8.23. The average Bonchev–Trinajstić information content (AvgIpc) is 1.89. The van der Waals surface area contributed by atoms with Crippen LogP contribution in [0.25, 0.3) is 0 Å². The second-order valence-corrected chi connectivity index (χ2v) is 1.96. The Labute approximate surface area is 56.0 Å². The second kappa shape index (κ2) is 5.33. The summed E-state index contributed by atoms with van der Waals surface area (Å²) in [6.45, 7) is 3.56. The first kappa shape index (κ1) is 8.19. The van der Waals surface area contributed by atoms with Crippen LogP contribution in [0.4, 0.5) is 0 Å². The van der Waals surface area contributed by atoms with Gasteiger partial charge in [-0.25, -0.2) is 0 Å². The van der Waals surface area contributed by atoms with Crippen molar-refractivity contribution >= 4 is 0 Å². The molecule has 9 heavy (non-hydrogen) atoms. The van der Waals surface area contributed by atoms with Gasteiger partial charge in [0.25, 0.3) is 0 Å². The van der Waals surface area contributed by atoms with Gasteiger partial charge in [0.15, 0.2) is 0 Å². The molecule has 0 aromatic rings. The minimum Gasteiger partial charge on any atom is -0.316 e. The van der Waals surface area contributed by atoms with Crippen molar-refractivity contribution in [3.63, 3.8) is 0 Å². The molecular weight excluding hydrogens is 112 g/mol. The van der Waals surface area contributed by atoms with Crippen LogP contribution >= 0.6 is 0 Å². The molecule has 2 heteroatoms. The molecule has 2 nitrogen and oxygen atoms in total. The monoisotopic (exact) mass is 124 g/mol. The zero-order chi connectivity index (χ0) is 7.11. The van der Waals surface area contributed by atoms with Crippen LogP contribution in [0, 0.1) is 11.3 Å². The standard InChI is InChI=1S/C7H12N2/c1-2-3-4-5-7(9)6-8/h2,7H,1,3-5,9H2. The summed E-state index contributed by atoms with van der Waals surface area (Å²) in [6.07, 6.45) is 4.54. The van der Waals surface area contributed by atoms with Crippen molar-refractivity contribution in [2.45, 2.75) is 25.3 Å². The fraction of sp³-hybridized carbons (Fsp3) is 0.571. The average molecular weight is 124 g/mol. The number of hydrogen-bond acceptors (Lipinski definition) is 2. The lowest BCUT2D eigenvalue weighted by Gasteiger charge is -1.97. The Hall–Kier alpha value is -0.810. The molecule has 0 aliphatic heterocycles. The first-order chi connectivity index (χ1) is 4.31. The molecule has 50 valence electrons. The SMILES string of the molecule is C=CCCCC(N)C#N. The van der Waals surface area contributed by atoms with Crippen LogP contribution in [0.3, 0.4) is 0 Å². The van der Waals surface area contributed by atoms with Gasteiger partial charge in [0.05, 0.1) is 12.1 Å². The third-order valence-corrected chi connectivity index (χ3v) is 1.09. The molecule has 1 unspecified atom stereocenters. The van der Waals surface area contributed by atoms with Gasteiger partial charge in [-0.05, 0) is 19.3 Å². The fourth-order valence-electron chi connectivity index (χ4n) is 0.547. The van der Waals surface area contributed by atoms with Gasteiger partial charge in [-0.2, -0.15) is 5.26 Å². The van der Waals surface area contributed by atoms with E-state index in [0.29, 0.717) is 0 Å². The summed E-state index contributed by atoms with van der Waals surface area (Å²) in [6, 6.07) is 1.68. The summed E-state index contributed by atoms with van der Waals surface area (Å²) in [4.78, 5) is 0. The Morgan fingerprint density at radius 2 is 2.44 bits per heavy atom. The Morgan fingerprint density at radius 1 is 1.78 bits per heavy atom. The van der Waals surface area contributed by atoms with E-state index in [1.807, 2.05) is 12.1 Å². The summed E-state index contributed by atoms with van der Waals surface area (Å²) < 4.78 is 0. The number of rotatable bonds is 4. The predicted molar refractivity (Wildman–Crippen MR) is 37.6 cm³/mol. The number of nitrogens with two attached hydrogens (primary N) is 1. The quantitative estimate of drug-likeness (QED) is 0.452. The van der Waals surface area contributed by atoms with Crippen molar-refractivity contribution in [1.29, 1.82) is 5.26 Å². The van der Waals surface area contributed by atoms with Crippen molar-refractivity contribution in [1.82, 2.24) is 0 Å². The van der Waals surface area contributed by atoms with Gasteiger partial charge in [-0.3, -0.25) is 0 Å². The molecule has 0 aromatic carbocycles. The number of nitriles is 1. The lowest BCUT2D eigenvalue weighted by atomic mass is 10.1. The number of allylic oxidation sites excluding steroid dienone is 1. The lowest BCUT2D eigenvalue weighted by Crippen LogP contribution is -2.16. The summed E-state index contributed by atoms with van der Waals surface area (Å²) in [7, 11) is 0. The molecule has 0 spiro atoms. The highest BCUT2D eigenvalue weighted by molar-refractivity contribution is 4.86. The Kier molecular flexibility index (Phi) is 4.85. The number of hydrogen-bond donors (Lipinski definition) is 1. The normalized spacial score (nSPS) is 12.0. The van der Waals surface area contributed by atoms with E-state index in [4.69, 9.17) is 11.0 Å². The van der Waals surface area contributed by atoms with Gasteiger partial charge < -0.3 is 5.73 Å². The molecule has 0 heterocycles. The molecule has 0 bridgehead atoms. The van der Waals surface area contributed by atoms with Crippen molar-refractivity contribution in [2.24, 2.45) is 5.73 Å². The summed E-state index contributed by atoms with van der Waals surface area (Å²) in [5.41, 5.74) is 5.32. The van der Waals surface area contributed by atoms with Crippen molar-refractivity contribution < 1.29 is 0 Å². The third-order valence-electron chi connectivity index (χ3n) is 1.09. The molecule has 0 saturated heterocycles. The summed E-state index contributed by atoms with van der Waals surface area (Å²) in [5.74, 6) is 0. The van der Waals surface area contributed by atoms with E-state index in [0.717, 1.165) is 19.3 Å².